The zero-order chi connectivity index (χ0) is 16.0. The number of nitrogens with one attached hydrogen (secondary N) is 1. The maximum atomic E-state index is 12.1. The highest BCUT2D eigenvalue weighted by Crippen LogP contribution is 2.18. The van der Waals surface area contributed by atoms with Crippen molar-refractivity contribution < 1.29 is 19.5 Å². The van der Waals surface area contributed by atoms with E-state index in [2.05, 4.69) is 11.9 Å². The minimum absolute atomic E-state index is 0.0658. The van der Waals surface area contributed by atoms with E-state index in [1.54, 1.807) is 19.0 Å². The van der Waals surface area contributed by atoms with Crippen molar-refractivity contribution in [3.8, 4) is 0 Å². The summed E-state index contributed by atoms with van der Waals surface area (Å²) in [4.78, 5) is 38.1. The van der Waals surface area contributed by atoms with E-state index < -0.39 is 12.0 Å². The molecule has 1 atom stereocenters. The number of carboxylic acid groups (broad SMARTS) is 1. The molecule has 2 N–H and O–H groups in total. The Labute approximate surface area is 124 Å². The number of carbonyl (C=O) groups is 3. The molecule has 1 saturated heterocycles. The summed E-state index contributed by atoms with van der Waals surface area (Å²) in [5.74, 6) is -1.58. The van der Waals surface area contributed by atoms with Gasteiger partial charge in [0.15, 0.2) is 0 Å². The van der Waals surface area contributed by atoms with Gasteiger partial charge in [0, 0.05) is 33.1 Å². The van der Waals surface area contributed by atoms with Crippen LogP contribution in [0, 0.1) is 5.92 Å². The number of hydrogen-bond acceptors (Lipinski definition) is 3. The molecule has 1 aliphatic heterocycles. The average Bonchev–Trinajstić information content (AvgIpc) is 2.45. The standard InChI is InChI=1S/C14H23N3O4/c1-4-5-11(13(19)20)15-12(18)10-6-8-17(9-7-10)14(21)16(2)3/h4,10-11H,1,5-9H2,2-3H3,(H,15,18)(H,19,20). The molecule has 0 bridgehead atoms. The second-order valence-electron chi connectivity index (χ2n) is 5.36. The van der Waals surface area contributed by atoms with Gasteiger partial charge in [-0.25, -0.2) is 9.59 Å². The summed E-state index contributed by atoms with van der Waals surface area (Å²) in [7, 11) is 3.38. The number of carboxylic acids is 1. The molecule has 0 spiro atoms. The molecule has 1 unspecified atom stereocenters. The van der Waals surface area contributed by atoms with Crippen molar-refractivity contribution in [2.24, 2.45) is 5.92 Å². The van der Waals surface area contributed by atoms with Crippen LogP contribution in [0.2, 0.25) is 0 Å². The number of likely N-dealkylation sites (tertiary alicyclic amines) is 1. The molecule has 0 saturated carbocycles. The molecule has 1 aliphatic rings. The molecule has 1 rings (SSSR count). The van der Waals surface area contributed by atoms with Crippen LogP contribution in [0.4, 0.5) is 4.79 Å². The quantitative estimate of drug-likeness (QED) is 0.724. The molecule has 0 aliphatic carbocycles. The Morgan fingerprint density at radius 3 is 2.38 bits per heavy atom. The van der Waals surface area contributed by atoms with Gasteiger partial charge in [0.1, 0.15) is 6.04 Å². The lowest BCUT2D eigenvalue weighted by Gasteiger charge is -2.33. The zero-order valence-electron chi connectivity index (χ0n) is 12.5. The lowest BCUT2D eigenvalue weighted by atomic mass is 9.95. The second kappa shape index (κ2) is 7.66. The monoisotopic (exact) mass is 297 g/mol. The molecular formula is C14H23N3O4. The van der Waals surface area contributed by atoms with Crippen molar-refractivity contribution in [1.29, 1.82) is 0 Å². The van der Waals surface area contributed by atoms with Crippen LogP contribution >= 0.6 is 0 Å². The highest BCUT2D eigenvalue weighted by atomic mass is 16.4. The first-order valence-corrected chi connectivity index (χ1v) is 6.97. The van der Waals surface area contributed by atoms with Crippen LogP contribution in [0.3, 0.4) is 0 Å². The predicted octanol–water partition coefficient (Wildman–Crippen LogP) is 0.526. The summed E-state index contributed by atoms with van der Waals surface area (Å²) in [5.41, 5.74) is 0. The van der Waals surface area contributed by atoms with Crippen LogP contribution in [0.25, 0.3) is 0 Å². The number of urea groups is 1. The molecular weight excluding hydrogens is 274 g/mol. The Kier molecular flexibility index (Phi) is 6.20. The van der Waals surface area contributed by atoms with Crippen LogP contribution in [0.1, 0.15) is 19.3 Å². The average molecular weight is 297 g/mol. The van der Waals surface area contributed by atoms with Crippen molar-refractivity contribution in [1.82, 2.24) is 15.1 Å². The maximum absolute atomic E-state index is 12.1. The van der Waals surface area contributed by atoms with E-state index >= 15 is 0 Å². The minimum atomic E-state index is -1.07. The lowest BCUT2D eigenvalue weighted by molar-refractivity contribution is -0.142. The van der Waals surface area contributed by atoms with Crippen LogP contribution in [-0.2, 0) is 9.59 Å². The largest absolute Gasteiger partial charge is 0.480 e. The van der Waals surface area contributed by atoms with E-state index in [1.807, 2.05) is 0 Å². The van der Waals surface area contributed by atoms with Crippen molar-refractivity contribution >= 4 is 17.9 Å². The Bertz CT molecular complexity index is 414. The third-order valence-electron chi connectivity index (χ3n) is 3.54. The Balaban J connectivity index is 2.50. The first-order chi connectivity index (χ1) is 9.86. The molecule has 0 aromatic heterocycles. The van der Waals surface area contributed by atoms with Gasteiger partial charge in [-0.15, -0.1) is 6.58 Å². The summed E-state index contributed by atoms with van der Waals surface area (Å²) < 4.78 is 0. The predicted molar refractivity (Wildman–Crippen MR) is 77.8 cm³/mol. The van der Waals surface area contributed by atoms with E-state index in [0.29, 0.717) is 25.9 Å². The molecule has 21 heavy (non-hydrogen) atoms. The van der Waals surface area contributed by atoms with Crippen molar-refractivity contribution in [3.05, 3.63) is 12.7 Å². The van der Waals surface area contributed by atoms with Crippen molar-refractivity contribution in [3.63, 3.8) is 0 Å². The van der Waals surface area contributed by atoms with Crippen molar-refractivity contribution in [2.45, 2.75) is 25.3 Å². The number of piperidine rings is 1. The normalized spacial score (nSPS) is 17.0. The van der Waals surface area contributed by atoms with Gasteiger partial charge in [-0.2, -0.15) is 0 Å². The number of hydrogen-bond donors (Lipinski definition) is 2. The molecule has 3 amide bonds. The number of amides is 3. The van der Waals surface area contributed by atoms with Gasteiger partial charge < -0.3 is 20.2 Å². The Morgan fingerprint density at radius 1 is 1.38 bits per heavy atom. The molecule has 0 radical (unpaired) electrons. The molecule has 1 heterocycles. The van der Waals surface area contributed by atoms with Gasteiger partial charge >= 0.3 is 12.0 Å². The number of rotatable bonds is 5. The molecule has 0 aromatic rings. The van der Waals surface area contributed by atoms with Crippen LogP contribution in [0.15, 0.2) is 12.7 Å². The SMILES string of the molecule is C=CCC(NC(=O)C1CCN(C(=O)N(C)C)CC1)C(=O)O. The molecule has 7 heteroatoms. The fraction of sp³-hybridized carbons (Fsp3) is 0.643. The van der Waals surface area contributed by atoms with Crippen LogP contribution < -0.4 is 5.32 Å². The first kappa shape index (κ1) is 17.0. The Hall–Kier alpha value is -2.05. The van der Waals surface area contributed by atoms with E-state index in [-0.39, 0.29) is 24.3 Å². The van der Waals surface area contributed by atoms with E-state index in [0.717, 1.165) is 0 Å². The summed E-state index contributed by atoms with van der Waals surface area (Å²) in [6.45, 7) is 4.50. The third kappa shape index (κ3) is 4.77. The highest BCUT2D eigenvalue weighted by molar-refractivity contribution is 5.85. The number of aliphatic carboxylic acids is 1. The van der Waals surface area contributed by atoms with E-state index in [1.165, 1.54) is 11.0 Å². The van der Waals surface area contributed by atoms with Gasteiger partial charge in [-0.1, -0.05) is 6.08 Å². The van der Waals surface area contributed by atoms with E-state index in [9.17, 15) is 14.4 Å². The van der Waals surface area contributed by atoms with Crippen LogP contribution in [0.5, 0.6) is 0 Å². The second-order valence-corrected chi connectivity index (χ2v) is 5.36. The first-order valence-electron chi connectivity index (χ1n) is 6.97. The fourth-order valence-electron chi connectivity index (χ4n) is 2.29. The van der Waals surface area contributed by atoms with Gasteiger partial charge in [-0.3, -0.25) is 4.79 Å². The zero-order valence-corrected chi connectivity index (χ0v) is 12.5. The Morgan fingerprint density at radius 2 is 1.95 bits per heavy atom. The number of carbonyl (C=O) groups excluding carboxylic acids is 2. The highest BCUT2D eigenvalue weighted by Gasteiger charge is 2.30. The maximum Gasteiger partial charge on any atom is 0.326 e. The van der Waals surface area contributed by atoms with E-state index in [4.69, 9.17) is 5.11 Å². The molecule has 7 nitrogen and oxygen atoms in total. The summed E-state index contributed by atoms with van der Waals surface area (Å²) in [6.07, 6.45) is 2.76. The molecule has 118 valence electrons. The smallest absolute Gasteiger partial charge is 0.326 e. The summed E-state index contributed by atoms with van der Waals surface area (Å²) in [6, 6.07) is -1.000. The van der Waals surface area contributed by atoms with Gasteiger partial charge in [0.25, 0.3) is 0 Å². The van der Waals surface area contributed by atoms with Crippen LogP contribution in [-0.4, -0.2) is 66.0 Å². The van der Waals surface area contributed by atoms with Gasteiger partial charge in [0.2, 0.25) is 5.91 Å². The summed E-state index contributed by atoms with van der Waals surface area (Å²) in [5, 5.41) is 11.5. The van der Waals surface area contributed by atoms with Gasteiger partial charge in [-0.05, 0) is 19.3 Å². The number of nitrogens with zero attached hydrogens (tertiary/aromatic N) is 2. The van der Waals surface area contributed by atoms with Crippen molar-refractivity contribution in [2.75, 3.05) is 27.2 Å². The summed E-state index contributed by atoms with van der Waals surface area (Å²) >= 11 is 0. The third-order valence-corrected chi connectivity index (χ3v) is 3.54. The minimum Gasteiger partial charge on any atom is -0.480 e. The molecule has 0 aromatic carbocycles. The lowest BCUT2D eigenvalue weighted by Crippen LogP contribution is -2.49. The van der Waals surface area contributed by atoms with Gasteiger partial charge in [0.05, 0.1) is 0 Å². The fourth-order valence-corrected chi connectivity index (χ4v) is 2.29. The molecule has 1 fully saturated rings. The topological polar surface area (TPSA) is 90.0 Å².